The molecule has 0 aliphatic carbocycles. The lowest BCUT2D eigenvalue weighted by Crippen LogP contribution is -2.28. The number of pyridine rings is 1. The molecule has 0 saturated carbocycles. The number of anilines is 1. The zero-order valence-corrected chi connectivity index (χ0v) is 10.0. The summed E-state index contributed by atoms with van der Waals surface area (Å²) >= 11 is 0. The third kappa shape index (κ3) is 3.67. The third-order valence-corrected chi connectivity index (χ3v) is 2.21. The van der Waals surface area contributed by atoms with Crippen LogP contribution in [0.3, 0.4) is 0 Å². The minimum Gasteiger partial charge on any atom is -0.360 e. The molecule has 6 nitrogen and oxygen atoms in total. The van der Waals surface area contributed by atoms with E-state index in [0.717, 1.165) is 5.69 Å². The molecule has 0 radical (unpaired) electrons. The maximum atomic E-state index is 11.5. The Morgan fingerprint density at radius 1 is 1.44 bits per heavy atom. The van der Waals surface area contributed by atoms with Gasteiger partial charge in [0.1, 0.15) is 5.76 Å². The maximum absolute atomic E-state index is 11.5. The number of nitrogens with one attached hydrogen (secondary N) is 2. The molecule has 0 aliphatic rings. The molecule has 0 bridgehead atoms. The van der Waals surface area contributed by atoms with Crippen LogP contribution >= 0.6 is 0 Å². The van der Waals surface area contributed by atoms with Crippen LogP contribution in [-0.4, -0.2) is 22.6 Å². The van der Waals surface area contributed by atoms with Crippen molar-refractivity contribution in [2.24, 2.45) is 0 Å². The molecule has 2 aromatic rings. The van der Waals surface area contributed by atoms with Crippen LogP contribution < -0.4 is 10.6 Å². The van der Waals surface area contributed by atoms with Gasteiger partial charge in [-0.25, -0.2) is 0 Å². The Morgan fingerprint density at radius 3 is 3.00 bits per heavy atom. The molecule has 0 spiro atoms. The summed E-state index contributed by atoms with van der Waals surface area (Å²) in [5.41, 5.74) is 0.891. The van der Waals surface area contributed by atoms with E-state index in [2.05, 4.69) is 20.8 Å². The molecule has 2 heterocycles. The Balaban J connectivity index is 1.72. The van der Waals surface area contributed by atoms with Crippen molar-refractivity contribution < 1.29 is 9.32 Å². The van der Waals surface area contributed by atoms with Crippen molar-refractivity contribution in [2.75, 3.05) is 11.9 Å². The van der Waals surface area contributed by atoms with Crippen LogP contribution in [-0.2, 0) is 11.3 Å². The zero-order valence-electron chi connectivity index (χ0n) is 10.0. The first-order chi connectivity index (χ1) is 8.74. The molecule has 2 rings (SSSR count). The largest absolute Gasteiger partial charge is 0.360 e. The summed E-state index contributed by atoms with van der Waals surface area (Å²) in [6, 6.07) is 7.31. The summed E-state index contributed by atoms with van der Waals surface area (Å²) in [5.74, 6) is 0.920. The number of aromatic nitrogens is 2. The highest BCUT2D eigenvalue weighted by Crippen LogP contribution is 2.06. The molecule has 1 amide bonds. The molecular weight excluding hydrogens is 232 g/mol. The second kappa shape index (κ2) is 5.92. The smallest absolute Gasteiger partial charge is 0.239 e. The SMILES string of the molecule is Cc1cc(NC(=O)CNCc2ccccn2)no1. The summed E-state index contributed by atoms with van der Waals surface area (Å²) < 4.78 is 4.84. The van der Waals surface area contributed by atoms with Crippen molar-refractivity contribution in [3.8, 4) is 0 Å². The number of carbonyl (C=O) groups is 1. The van der Waals surface area contributed by atoms with Crippen molar-refractivity contribution in [2.45, 2.75) is 13.5 Å². The average Bonchev–Trinajstić information content (AvgIpc) is 2.76. The number of hydrogen-bond donors (Lipinski definition) is 2. The predicted molar refractivity (Wildman–Crippen MR) is 65.8 cm³/mol. The van der Waals surface area contributed by atoms with Gasteiger partial charge in [0.2, 0.25) is 5.91 Å². The summed E-state index contributed by atoms with van der Waals surface area (Å²) in [4.78, 5) is 15.7. The number of hydrogen-bond acceptors (Lipinski definition) is 5. The standard InChI is InChI=1S/C12H14N4O2/c1-9-6-11(16-18-9)15-12(17)8-13-7-10-4-2-3-5-14-10/h2-6,13H,7-8H2,1H3,(H,15,16,17). The molecule has 0 saturated heterocycles. The van der Waals surface area contributed by atoms with Crippen molar-refractivity contribution in [1.29, 1.82) is 0 Å². The van der Waals surface area contributed by atoms with Crippen LogP contribution in [0.15, 0.2) is 35.0 Å². The first-order valence-electron chi connectivity index (χ1n) is 5.58. The normalized spacial score (nSPS) is 10.3. The van der Waals surface area contributed by atoms with E-state index in [1.54, 1.807) is 19.2 Å². The van der Waals surface area contributed by atoms with E-state index in [4.69, 9.17) is 4.52 Å². The minimum atomic E-state index is -0.167. The monoisotopic (exact) mass is 246 g/mol. The first-order valence-corrected chi connectivity index (χ1v) is 5.58. The molecule has 0 fully saturated rings. The van der Waals surface area contributed by atoms with Gasteiger partial charge < -0.3 is 15.2 Å². The van der Waals surface area contributed by atoms with Gasteiger partial charge in [-0.2, -0.15) is 0 Å². The van der Waals surface area contributed by atoms with Gasteiger partial charge in [0.15, 0.2) is 5.82 Å². The second-order valence-electron chi connectivity index (χ2n) is 3.80. The topological polar surface area (TPSA) is 80.0 Å². The molecule has 18 heavy (non-hydrogen) atoms. The van der Waals surface area contributed by atoms with Crippen LogP contribution in [0.2, 0.25) is 0 Å². The molecule has 2 N–H and O–H groups in total. The van der Waals surface area contributed by atoms with E-state index >= 15 is 0 Å². The van der Waals surface area contributed by atoms with Gasteiger partial charge in [-0.1, -0.05) is 11.2 Å². The lowest BCUT2D eigenvalue weighted by Gasteiger charge is -2.03. The molecule has 94 valence electrons. The van der Waals surface area contributed by atoms with Crippen LogP contribution in [0.1, 0.15) is 11.5 Å². The van der Waals surface area contributed by atoms with Gasteiger partial charge in [0.05, 0.1) is 12.2 Å². The quantitative estimate of drug-likeness (QED) is 0.826. The van der Waals surface area contributed by atoms with Gasteiger partial charge >= 0.3 is 0 Å². The maximum Gasteiger partial charge on any atom is 0.239 e. The van der Waals surface area contributed by atoms with E-state index in [0.29, 0.717) is 18.1 Å². The molecule has 0 aromatic carbocycles. The Hall–Kier alpha value is -2.21. The molecule has 0 atom stereocenters. The summed E-state index contributed by atoms with van der Waals surface area (Å²) in [6.45, 7) is 2.51. The lowest BCUT2D eigenvalue weighted by molar-refractivity contribution is -0.115. The highest BCUT2D eigenvalue weighted by atomic mass is 16.5. The molecule has 2 aromatic heterocycles. The van der Waals surface area contributed by atoms with Gasteiger partial charge in [-0.05, 0) is 19.1 Å². The fourth-order valence-corrected chi connectivity index (χ4v) is 1.42. The van der Waals surface area contributed by atoms with Crippen LogP contribution in [0.4, 0.5) is 5.82 Å². The average molecular weight is 246 g/mol. The summed E-state index contributed by atoms with van der Waals surface area (Å²) in [7, 11) is 0. The minimum absolute atomic E-state index is 0.167. The van der Waals surface area contributed by atoms with E-state index in [1.807, 2.05) is 18.2 Å². The van der Waals surface area contributed by atoms with Crippen molar-refractivity contribution in [1.82, 2.24) is 15.5 Å². The van der Waals surface area contributed by atoms with Crippen molar-refractivity contribution >= 4 is 11.7 Å². The summed E-state index contributed by atoms with van der Waals surface area (Å²) in [5, 5.41) is 9.29. The van der Waals surface area contributed by atoms with Gasteiger partial charge in [-0.3, -0.25) is 9.78 Å². The van der Waals surface area contributed by atoms with Crippen LogP contribution in [0.25, 0.3) is 0 Å². The fraction of sp³-hybridized carbons (Fsp3) is 0.250. The molecule has 0 unspecified atom stereocenters. The fourth-order valence-electron chi connectivity index (χ4n) is 1.42. The van der Waals surface area contributed by atoms with Crippen molar-refractivity contribution in [3.63, 3.8) is 0 Å². The molecular formula is C12H14N4O2. The Labute approximate surface area is 104 Å². The van der Waals surface area contributed by atoms with Crippen LogP contribution in [0.5, 0.6) is 0 Å². The Kier molecular flexibility index (Phi) is 4.03. The van der Waals surface area contributed by atoms with E-state index in [-0.39, 0.29) is 12.5 Å². The highest BCUT2D eigenvalue weighted by Gasteiger charge is 2.05. The van der Waals surface area contributed by atoms with Gasteiger partial charge in [0, 0.05) is 18.8 Å². The number of rotatable bonds is 5. The summed E-state index contributed by atoms with van der Waals surface area (Å²) in [6.07, 6.45) is 1.72. The van der Waals surface area contributed by atoms with Crippen LogP contribution in [0, 0.1) is 6.92 Å². The molecule has 0 aliphatic heterocycles. The Morgan fingerprint density at radius 2 is 2.33 bits per heavy atom. The first kappa shape index (κ1) is 12.3. The zero-order chi connectivity index (χ0) is 12.8. The van der Waals surface area contributed by atoms with E-state index < -0.39 is 0 Å². The van der Waals surface area contributed by atoms with E-state index in [1.165, 1.54) is 0 Å². The van der Waals surface area contributed by atoms with E-state index in [9.17, 15) is 4.79 Å². The number of amides is 1. The van der Waals surface area contributed by atoms with Gasteiger partial charge in [0.25, 0.3) is 0 Å². The highest BCUT2D eigenvalue weighted by molar-refractivity contribution is 5.91. The Bertz CT molecular complexity index is 510. The number of nitrogens with zero attached hydrogens (tertiary/aromatic N) is 2. The van der Waals surface area contributed by atoms with Crippen molar-refractivity contribution in [3.05, 3.63) is 41.9 Å². The number of carbonyl (C=O) groups excluding carboxylic acids is 1. The number of aryl methyl sites for hydroxylation is 1. The molecule has 6 heteroatoms. The predicted octanol–water partition coefficient (Wildman–Crippen LogP) is 1.11. The second-order valence-corrected chi connectivity index (χ2v) is 3.80. The van der Waals surface area contributed by atoms with Gasteiger partial charge in [-0.15, -0.1) is 0 Å². The third-order valence-electron chi connectivity index (χ3n) is 2.21. The lowest BCUT2D eigenvalue weighted by atomic mass is 10.3.